The third-order valence-corrected chi connectivity index (χ3v) is 4.46. The maximum atomic E-state index is 13.9. The average Bonchev–Trinajstić information content (AvgIpc) is 2.63. The topological polar surface area (TPSA) is 29.3 Å². The minimum atomic E-state index is -1.09. The van der Waals surface area contributed by atoms with Crippen LogP contribution in [0.5, 0.6) is 0 Å². The zero-order valence-electron chi connectivity index (χ0n) is 8.54. The normalized spacial score (nSPS) is 36.4. The molecule has 2 nitrogen and oxygen atoms in total. The largest absolute Gasteiger partial charge is 0.327 e. The molecular formula is C10H19FN2S. The Morgan fingerprint density at radius 1 is 1.43 bits per heavy atom. The molecule has 2 fully saturated rings. The Kier molecular flexibility index (Phi) is 3.34. The predicted molar refractivity (Wildman–Crippen MR) is 59.4 cm³/mol. The van der Waals surface area contributed by atoms with Crippen LogP contribution in [0.25, 0.3) is 0 Å². The molecule has 0 aromatic rings. The molecule has 0 amide bonds. The smallest absolute Gasteiger partial charge is 0.137 e. The van der Waals surface area contributed by atoms with Crippen molar-refractivity contribution in [2.24, 2.45) is 5.73 Å². The van der Waals surface area contributed by atoms with Gasteiger partial charge in [-0.25, -0.2) is 4.39 Å². The van der Waals surface area contributed by atoms with Gasteiger partial charge >= 0.3 is 0 Å². The van der Waals surface area contributed by atoms with Crippen molar-refractivity contribution in [3.8, 4) is 0 Å². The molecule has 0 bridgehead atoms. The number of hydrogen-bond donors (Lipinski definition) is 1. The second kappa shape index (κ2) is 4.37. The third-order valence-electron chi connectivity index (χ3n) is 3.41. The van der Waals surface area contributed by atoms with E-state index in [-0.39, 0.29) is 6.54 Å². The highest BCUT2D eigenvalue weighted by atomic mass is 32.2. The standard InChI is InChI=1S/C10H19FN2S/c11-10(7-12)3-4-13(8-10)9-1-5-14-6-2-9/h9H,1-8,12H2. The molecule has 2 N–H and O–H groups in total. The lowest BCUT2D eigenvalue weighted by Gasteiger charge is -2.31. The number of likely N-dealkylation sites (tertiary alicyclic amines) is 1. The first-order valence-electron chi connectivity index (χ1n) is 5.44. The van der Waals surface area contributed by atoms with Crippen LogP contribution in [0, 0.1) is 0 Å². The molecule has 14 heavy (non-hydrogen) atoms. The maximum Gasteiger partial charge on any atom is 0.137 e. The van der Waals surface area contributed by atoms with Crippen LogP contribution in [0.1, 0.15) is 19.3 Å². The van der Waals surface area contributed by atoms with Gasteiger partial charge in [0.05, 0.1) is 0 Å². The van der Waals surface area contributed by atoms with Crippen LogP contribution < -0.4 is 5.73 Å². The van der Waals surface area contributed by atoms with Crippen molar-refractivity contribution in [3.63, 3.8) is 0 Å². The van der Waals surface area contributed by atoms with Crippen LogP contribution in [0.2, 0.25) is 0 Å². The number of hydrogen-bond acceptors (Lipinski definition) is 3. The molecule has 0 saturated carbocycles. The lowest BCUT2D eigenvalue weighted by atomic mass is 10.1. The van der Waals surface area contributed by atoms with Crippen LogP contribution in [-0.2, 0) is 0 Å². The SMILES string of the molecule is NCC1(F)CCN(C2CCSCC2)C1. The van der Waals surface area contributed by atoms with Gasteiger partial charge in [0.25, 0.3) is 0 Å². The Morgan fingerprint density at radius 3 is 2.71 bits per heavy atom. The molecule has 2 rings (SSSR count). The van der Waals surface area contributed by atoms with E-state index in [4.69, 9.17) is 5.73 Å². The summed E-state index contributed by atoms with van der Waals surface area (Å²) in [7, 11) is 0. The molecule has 82 valence electrons. The Bertz CT molecular complexity index is 197. The average molecular weight is 218 g/mol. The molecule has 4 heteroatoms. The summed E-state index contributed by atoms with van der Waals surface area (Å²) < 4.78 is 13.9. The minimum Gasteiger partial charge on any atom is -0.327 e. The molecule has 0 radical (unpaired) electrons. The Labute approximate surface area is 89.4 Å². The number of halogens is 1. The second-order valence-electron chi connectivity index (χ2n) is 4.42. The molecule has 0 aromatic heterocycles. The first kappa shape index (κ1) is 10.7. The van der Waals surface area contributed by atoms with Crippen molar-refractivity contribution in [3.05, 3.63) is 0 Å². The zero-order chi connectivity index (χ0) is 10.0. The fourth-order valence-corrected chi connectivity index (χ4v) is 3.48. The van der Waals surface area contributed by atoms with Crippen LogP contribution in [-0.4, -0.2) is 47.8 Å². The van der Waals surface area contributed by atoms with Gasteiger partial charge in [-0.3, -0.25) is 4.90 Å². The molecule has 0 aromatic carbocycles. The second-order valence-corrected chi connectivity index (χ2v) is 5.64. The van der Waals surface area contributed by atoms with Crippen molar-refractivity contribution in [2.75, 3.05) is 31.1 Å². The third kappa shape index (κ3) is 2.23. The van der Waals surface area contributed by atoms with E-state index in [0.717, 1.165) is 6.54 Å². The highest BCUT2D eigenvalue weighted by Gasteiger charge is 2.39. The summed E-state index contributed by atoms with van der Waals surface area (Å²) in [6.07, 6.45) is 3.09. The first-order valence-corrected chi connectivity index (χ1v) is 6.60. The maximum absolute atomic E-state index is 13.9. The lowest BCUT2D eigenvalue weighted by molar-refractivity contribution is 0.150. The Hall–Kier alpha value is 0.200. The number of alkyl halides is 1. The summed E-state index contributed by atoms with van der Waals surface area (Å²) in [6, 6.07) is 0.625. The van der Waals surface area contributed by atoms with Crippen LogP contribution in [0.4, 0.5) is 4.39 Å². The molecule has 1 atom stereocenters. The van der Waals surface area contributed by atoms with Crippen molar-refractivity contribution in [1.29, 1.82) is 0 Å². The van der Waals surface area contributed by atoms with Gasteiger partial charge in [-0.1, -0.05) is 0 Å². The monoisotopic (exact) mass is 218 g/mol. The van der Waals surface area contributed by atoms with E-state index in [2.05, 4.69) is 4.90 Å². The van der Waals surface area contributed by atoms with Gasteiger partial charge in [-0.15, -0.1) is 0 Å². The van der Waals surface area contributed by atoms with Crippen molar-refractivity contribution < 1.29 is 4.39 Å². The molecule has 2 saturated heterocycles. The number of nitrogens with two attached hydrogens (primary N) is 1. The van der Waals surface area contributed by atoms with Gasteiger partial charge in [-0.2, -0.15) is 11.8 Å². The molecule has 2 aliphatic heterocycles. The summed E-state index contributed by atoms with van der Waals surface area (Å²) in [5.74, 6) is 2.48. The van der Waals surface area contributed by atoms with E-state index in [1.807, 2.05) is 11.8 Å². The van der Waals surface area contributed by atoms with Crippen molar-refractivity contribution >= 4 is 11.8 Å². The molecule has 2 heterocycles. The quantitative estimate of drug-likeness (QED) is 0.756. The van der Waals surface area contributed by atoms with Crippen LogP contribution in [0.3, 0.4) is 0 Å². The van der Waals surface area contributed by atoms with E-state index in [0.29, 0.717) is 19.0 Å². The van der Waals surface area contributed by atoms with Crippen LogP contribution in [0.15, 0.2) is 0 Å². The molecule has 2 aliphatic rings. The lowest BCUT2D eigenvalue weighted by Crippen LogP contribution is -2.41. The summed E-state index contributed by atoms with van der Waals surface area (Å²) >= 11 is 2.02. The van der Waals surface area contributed by atoms with Crippen LogP contribution >= 0.6 is 11.8 Å². The fraction of sp³-hybridized carbons (Fsp3) is 1.00. The van der Waals surface area contributed by atoms with Gasteiger partial charge < -0.3 is 5.73 Å². The van der Waals surface area contributed by atoms with Gasteiger partial charge in [-0.05, 0) is 30.8 Å². The Morgan fingerprint density at radius 2 is 2.14 bits per heavy atom. The van der Waals surface area contributed by atoms with Gasteiger partial charge in [0.1, 0.15) is 5.67 Å². The first-order chi connectivity index (χ1) is 6.73. The Balaban J connectivity index is 1.88. The number of thioether (sulfide) groups is 1. The summed E-state index contributed by atoms with van der Waals surface area (Å²) in [5, 5.41) is 0. The van der Waals surface area contributed by atoms with Gasteiger partial charge in [0.2, 0.25) is 0 Å². The van der Waals surface area contributed by atoms with E-state index >= 15 is 0 Å². The van der Waals surface area contributed by atoms with E-state index in [1.54, 1.807) is 0 Å². The fourth-order valence-electron chi connectivity index (χ4n) is 2.39. The highest BCUT2D eigenvalue weighted by Crippen LogP contribution is 2.30. The van der Waals surface area contributed by atoms with Crippen molar-refractivity contribution in [2.45, 2.75) is 31.0 Å². The highest BCUT2D eigenvalue weighted by molar-refractivity contribution is 7.99. The molecular weight excluding hydrogens is 199 g/mol. The predicted octanol–water partition coefficient (Wildman–Crippen LogP) is 1.25. The number of rotatable bonds is 2. The summed E-state index contributed by atoms with van der Waals surface area (Å²) in [6.45, 7) is 1.66. The number of nitrogens with zero attached hydrogens (tertiary/aromatic N) is 1. The van der Waals surface area contributed by atoms with E-state index < -0.39 is 5.67 Å². The van der Waals surface area contributed by atoms with Gasteiger partial charge in [0.15, 0.2) is 0 Å². The van der Waals surface area contributed by atoms with Crippen molar-refractivity contribution in [1.82, 2.24) is 4.90 Å². The molecule has 0 spiro atoms. The van der Waals surface area contributed by atoms with E-state index in [1.165, 1.54) is 24.3 Å². The molecule has 1 unspecified atom stereocenters. The minimum absolute atomic E-state index is 0.185. The summed E-state index contributed by atoms with van der Waals surface area (Å²) in [5.41, 5.74) is 4.36. The molecule has 0 aliphatic carbocycles. The van der Waals surface area contributed by atoms with E-state index in [9.17, 15) is 4.39 Å². The summed E-state index contributed by atoms with van der Waals surface area (Å²) in [4.78, 5) is 2.31. The zero-order valence-corrected chi connectivity index (χ0v) is 9.36. The van der Waals surface area contributed by atoms with Gasteiger partial charge in [0, 0.05) is 25.7 Å².